The third-order valence-electron chi connectivity index (χ3n) is 1.16. The van der Waals surface area contributed by atoms with Crippen molar-refractivity contribution in [2.45, 2.75) is 0 Å². The Hall–Kier alpha value is -1.45. The minimum atomic E-state index is -0.0706. The van der Waals surface area contributed by atoms with Gasteiger partial charge in [-0.3, -0.25) is 4.79 Å². The lowest BCUT2D eigenvalue weighted by Crippen LogP contribution is -2.01. The van der Waals surface area contributed by atoms with Crippen LogP contribution < -0.4 is 5.43 Å². The van der Waals surface area contributed by atoms with Crippen molar-refractivity contribution < 1.29 is 0 Å². The first kappa shape index (κ1) is 4.43. The summed E-state index contributed by atoms with van der Waals surface area (Å²) >= 11 is 0. The maximum atomic E-state index is 10.7. The Morgan fingerprint density at radius 1 is 1.44 bits per heavy atom. The number of aromatic amines is 1. The highest BCUT2D eigenvalue weighted by Gasteiger charge is 2.11. The summed E-state index contributed by atoms with van der Waals surface area (Å²) in [7, 11) is 0. The van der Waals surface area contributed by atoms with Crippen LogP contribution in [0, 0.1) is 0 Å². The summed E-state index contributed by atoms with van der Waals surface area (Å²) in [5.41, 5.74) is 0.372. The van der Waals surface area contributed by atoms with E-state index in [0.717, 1.165) is 0 Å². The highest BCUT2D eigenvalue weighted by atomic mass is 16.1. The third kappa shape index (κ3) is 0.440. The molecule has 0 aliphatic carbocycles. The summed E-state index contributed by atoms with van der Waals surface area (Å²) < 4.78 is 0. The minimum absolute atomic E-state index is 0.0706. The molecule has 0 saturated carbocycles. The lowest BCUT2D eigenvalue weighted by atomic mass is 10.3. The summed E-state index contributed by atoms with van der Waals surface area (Å²) in [4.78, 5) is 13.5. The van der Waals surface area contributed by atoms with E-state index in [-0.39, 0.29) is 5.43 Å². The second kappa shape index (κ2) is 1.28. The van der Waals surface area contributed by atoms with E-state index in [2.05, 4.69) is 15.2 Å². The van der Waals surface area contributed by atoms with Gasteiger partial charge in [0.1, 0.15) is 0 Å². The van der Waals surface area contributed by atoms with Crippen LogP contribution in [-0.4, -0.2) is 4.98 Å². The first-order valence-electron chi connectivity index (χ1n) is 2.51. The molecule has 44 valence electrons. The van der Waals surface area contributed by atoms with Gasteiger partial charge in [-0.15, -0.1) is 10.2 Å². The van der Waals surface area contributed by atoms with E-state index < -0.39 is 0 Å². The van der Waals surface area contributed by atoms with E-state index in [1.54, 1.807) is 6.20 Å². The molecule has 0 radical (unpaired) electrons. The predicted molar refractivity (Wildman–Crippen MR) is 31.2 cm³/mol. The molecular formula is C5H3N3O. The largest absolute Gasteiger partial charge is 0.343 e. The second-order valence-electron chi connectivity index (χ2n) is 1.74. The van der Waals surface area contributed by atoms with Crippen LogP contribution in [0.1, 0.15) is 0 Å². The summed E-state index contributed by atoms with van der Waals surface area (Å²) in [6, 6.07) is 1.43. The van der Waals surface area contributed by atoms with Crippen molar-refractivity contribution in [1.29, 1.82) is 0 Å². The number of nitrogens with one attached hydrogen (secondary N) is 1. The van der Waals surface area contributed by atoms with Gasteiger partial charge in [-0.2, -0.15) is 0 Å². The van der Waals surface area contributed by atoms with Gasteiger partial charge in [-0.25, -0.2) is 0 Å². The number of fused-ring (bicyclic) bond motifs is 1. The van der Waals surface area contributed by atoms with Crippen LogP contribution >= 0.6 is 0 Å². The topological polar surface area (TPSA) is 57.6 Å². The van der Waals surface area contributed by atoms with E-state index in [4.69, 9.17) is 0 Å². The Bertz CT molecular complexity index is 325. The molecule has 1 aromatic rings. The molecule has 0 bridgehead atoms. The fourth-order valence-electron chi connectivity index (χ4n) is 0.688. The fourth-order valence-corrected chi connectivity index (χ4v) is 0.688. The van der Waals surface area contributed by atoms with Crippen molar-refractivity contribution >= 4 is 11.5 Å². The summed E-state index contributed by atoms with van der Waals surface area (Å²) in [6.45, 7) is 0. The molecule has 1 aliphatic heterocycles. The van der Waals surface area contributed by atoms with Crippen molar-refractivity contribution in [2.24, 2.45) is 10.2 Å². The molecule has 0 unspecified atom stereocenters. The van der Waals surface area contributed by atoms with Crippen LogP contribution in [0.3, 0.4) is 0 Å². The number of pyridine rings is 1. The Labute approximate surface area is 50.3 Å². The van der Waals surface area contributed by atoms with Crippen LogP contribution in [-0.2, 0) is 0 Å². The quantitative estimate of drug-likeness (QED) is 0.557. The molecule has 0 aromatic carbocycles. The first-order chi connectivity index (χ1) is 4.38. The molecule has 9 heavy (non-hydrogen) atoms. The summed E-state index contributed by atoms with van der Waals surface area (Å²) in [5.74, 6) is 0.586. The van der Waals surface area contributed by atoms with Crippen LogP contribution in [0.4, 0.5) is 11.5 Å². The van der Waals surface area contributed by atoms with Gasteiger partial charge >= 0.3 is 0 Å². The molecule has 1 aliphatic rings. The van der Waals surface area contributed by atoms with Gasteiger partial charge in [0.15, 0.2) is 11.5 Å². The van der Waals surface area contributed by atoms with E-state index in [1.807, 2.05) is 0 Å². The molecule has 2 rings (SSSR count). The molecule has 0 saturated heterocycles. The number of H-pyrrole nitrogens is 1. The van der Waals surface area contributed by atoms with Crippen LogP contribution in [0.5, 0.6) is 0 Å². The van der Waals surface area contributed by atoms with Gasteiger partial charge < -0.3 is 4.98 Å². The van der Waals surface area contributed by atoms with Gasteiger partial charge in [-0.1, -0.05) is 0 Å². The molecule has 0 amide bonds. The number of aromatic nitrogens is 1. The van der Waals surface area contributed by atoms with E-state index >= 15 is 0 Å². The molecule has 0 fully saturated rings. The molecule has 0 atom stereocenters. The number of hydrogen-bond donors (Lipinski definition) is 1. The molecule has 1 N–H and O–H groups in total. The van der Waals surface area contributed by atoms with Crippen molar-refractivity contribution in [3.63, 3.8) is 0 Å². The highest BCUT2D eigenvalue weighted by Crippen LogP contribution is 2.29. The summed E-state index contributed by atoms with van der Waals surface area (Å²) in [5, 5.41) is 7.08. The first-order valence-corrected chi connectivity index (χ1v) is 2.51. The average Bonchev–Trinajstić information content (AvgIpc) is 1.74. The normalized spacial score (nSPS) is 12.4. The molecule has 4 heteroatoms. The lowest BCUT2D eigenvalue weighted by Gasteiger charge is -2.02. The smallest absolute Gasteiger partial charge is 0.211 e. The van der Waals surface area contributed by atoms with E-state index in [9.17, 15) is 4.79 Å². The maximum Gasteiger partial charge on any atom is 0.211 e. The molecule has 1 aromatic heterocycles. The maximum absolute atomic E-state index is 10.7. The van der Waals surface area contributed by atoms with Crippen LogP contribution in [0.15, 0.2) is 27.3 Å². The average molecular weight is 121 g/mol. The Balaban J connectivity index is 2.85. The van der Waals surface area contributed by atoms with E-state index in [0.29, 0.717) is 11.5 Å². The van der Waals surface area contributed by atoms with Gasteiger partial charge in [0.05, 0.1) is 0 Å². The van der Waals surface area contributed by atoms with Crippen LogP contribution in [0.25, 0.3) is 0 Å². The molecule has 2 heterocycles. The third-order valence-corrected chi connectivity index (χ3v) is 1.16. The number of nitrogens with zero attached hydrogens (tertiary/aromatic N) is 2. The van der Waals surface area contributed by atoms with E-state index in [1.165, 1.54) is 6.07 Å². The van der Waals surface area contributed by atoms with Crippen molar-refractivity contribution in [3.8, 4) is 0 Å². The van der Waals surface area contributed by atoms with Crippen molar-refractivity contribution in [2.75, 3.05) is 0 Å². The number of hydrogen-bond acceptors (Lipinski definition) is 3. The minimum Gasteiger partial charge on any atom is -0.343 e. The van der Waals surface area contributed by atoms with Gasteiger partial charge in [-0.05, 0) is 0 Å². The van der Waals surface area contributed by atoms with Gasteiger partial charge in [0.25, 0.3) is 0 Å². The molecule has 0 spiro atoms. The van der Waals surface area contributed by atoms with Crippen LogP contribution in [0.2, 0.25) is 0 Å². The van der Waals surface area contributed by atoms with Crippen molar-refractivity contribution in [3.05, 3.63) is 22.5 Å². The van der Waals surface area contributed by atoms with Gasteiger partial charge in [0.2, 0.25) is 5.43 Å². The number of azo groups is 1. The Morgan fingerprint density at radius 2 is 2.33 bits per heavy atom. The second-order valence-corrected chi connectivity index (χ2v) is 1.74. The zero-order valence-corrected chi connectivity index (χ0v) is 4.46. The Kier molecular flexibility index (Phi) is 0.631. The number of rotatable bonds is 0. The fraction of sp³-hybridized carbons (Fsp3) is 0. The molecule has 4 nitrogen and oxygen atoms in total. The zero-order valence-electron chi connectivity index (χ0n) is 4.46. The monoisotopic (exact) mass is 121 g/mol. The highest BCUT2D eigenvalue weighted by molar-refractivity contribution is 5.59. The molecular weight excluding hydrogens is 118 g/mol. The standard InChI is InChI=1S/C5H3N3O/c9-3-1-2-6-5-4(3)7-8-5/h1-2H,(H,6,8,9). The lowest BCUT2D eigenvalue weighted by molar-refractivity contribution is 1.05. The summed E-state index contributed by atoms with van der Waals surface area (Å²) in [6.07, 6.45) is 1.55. The Morgan fingerprint density at radius 3 is 2.78 bits per heavy atom. The zero-order chi connectivity index (χ0) is 6.27. The van der Waals surface area contributed by atoms with Gasteiger partial charge in [0, 0.05) is 12.3 Å². The predicted octanol–water partition coefficient (Wildman–Crippen LogP) is 1.10. The SMILES string of the molecule is O=c1cc[nH]c2c1N=N2. The van der Waals surface area contributed by atoms with Crippen molar-refractivity contribution in [1.82, 2.24) is 4.98 Å².